The van der Waals surface area contributed by atoms with E-state index in [1.165, 1.54) is 32.1 Å². The molecule has 0 aromatic carbocycles. The molecule has 0 heteroatoms. The van der Waals surface area contributed by atoms with Crippen molar-refractivity contribution in [2.75, 3.05) is 0 Å². The molecular weight excluding hydrogens is 156 g/mol. The van der Waals surface area contributed by atoms with E-state index in [1.54, 1.807) is 0 Å². The van der Waals surface area contributed by atoms with Gasteiger partial charge in [0.2, 0.25) is 0 Å². The van der Waals surface area contributed by atoms with Crippen LogP contribution in [-0.2, 0) is 0 Å². The molecule has 13 heavy (non-hydrogen) atoms. The van der Waals surface area contributed by atoms with E-state index in [0.29, 0.717) is 5.41 Å². The fraction of sp³-hybridized carbons (Fsp3) is 0.846. The first kappa shape index (κ1) is 9.13. The average Bonchev–Trinajstić information content (AvgIpc) is 2.54. The van der Waals surface area contributed by atoms with Crippen molar-refractivity contribution < 1.29 is 0 Å². The zero-order valence-corrected chi connectivity index (χ0v) is 8.90. The van der Waals surface area contributed by atoms with Gasteiger partial charge in [0, 0.05) is 11.8 Å². The molecule has 0 heterocycles. The van der Waals surface area contributed by atoms with Crippen molar-refractivity contribution in [2.45, 2.75) is 52.4 Å². The third-order valence-electron chi connectivity index (χ3n) is 4.06. The van der Waals surface area contributed by atoms with E-state index in [9.17, 15) is 0 Å². The van der Waals surface area contributed by atoms with Crippen molar-refractivity contribution in [3.05, 3.63) is 0 Å². The van der Waals surface area contributed by atoms with Crippen LogP contribution in [0.2, 0.25) is 0 Å². The Kier molecular flexibility index (Phi) is 2.37. The summed E-state index contributed by atoms with van der Waals surface area (Å²) in [6.45, 7) is 4.77. The third kappa shape index (κ3) is 1.75. The van der Waals surface area contributed by atoms with Gasteiger partial charge < -0.3 is 0 Å². The lowest BCUT2D eigenvalue weighted by atomic mass is 9.68. The Morgan fingerprint density at radius 2 is 1.85 bits per heavy atom. The molecule has 2 aliphatic rings. The Balaban J connectivity index is 1.99. The summed E-state index contributed by atoms with van der Waals surface area (Å²) in [5, 5.41) is 0. The zero-order chi connectivity index (χ0) is 9.31. The summed E-state index contributed by atoms with van der Waals surface area (Å²) in [6.07, 6.45) is 8.15. The predicted molar refractivity (Wildman–Crippen MR) is 56.2 cm³/mol. The largest absolute Gasteiger partial charge is 0.103 e. The molecule has 0 radical (unpaired) electrons. The van der Waals surface area contributed by atoms with Crippen LogP contribution >= 0.6 is 0 Å². The summed E-state index contributed by atoms with van der Waals surface area (Å²) in [5.74, 6) is 8.61. The van der Waals surface area contributed by atoms with Gasteiger partial charge in [-0.25, -0.2) is 0 Å². The van der Waals surface area contributed by atoms with Crippen LogP contribution in [0.4, 0.5) is 0 Å². The smallest absolute Gasteiger partial charge is 0.0323 e. The standard InChI is InChI=1S/C13H20/c1-11-5-7-12(8-6-11)13(2)9-3-4-10-13/h11-12H,3,5-9H2,1-2H3. The number of rotatable bonds is 1. The van der Waals surface area contributed by atoms with Crippen LogP contribution in [0.5, 0.6) is 0 Å². The molecule has 0 bridgehead atoms. The minimum Gasteiger partial charge on any atom is -0.103 e. The van der Waals surface area contributed by atoms with E-state index in [4.69, 9.17) is 0 Å². The van der Waals surface area contributed by atoms with E-state index in [-0.39, 0.29) is 0 Å². The first-order valence-electron chi connectivity index (χ1n) is 5.71. The van der Waals surface area contributed by atoms with Crippen molar-refractivity contribution in [1.82, 2.24) is 0 Å². The molecule has 0 aromatic heterocycles. The van der Waals surface area contributed by atoms with Gasteiger partial charge in [0.05, 0.1) is 0 Å². The van der Waals surface area contributed by atoms with E-state index in [0.717, 1.165) is 18.3 Å². The average molecular weight is 176 g/mol. The number of hydrogen-bond donors (Lipinski definition) is 0. The molecule has 0 aromatic rings. The lowest BCUT2D eigenvalue weighted by Crippen LogP contribution is -2.27. The lowest BCUT2D eigenvalue weighted by molar-refractivity contribution is 0.169. The summed E-state index contributed by atoms with van der Waals surface area (Å²) in [4.78, 5) is 0. The molecule has 1 saturated carbocycles. The molecular formula is C13H20. The normalized spacial score (nSPS) is 44.2. The quantitative estimate of drug-likeness (QED) is 0.535. The molecule has 0 spiro atoms. The second-order valence-electron chi connectivity index (χ2n) is 5.18. The fourth-order valence-corrected chi connectivity index (χ4v) is 2.85. The molecule has 0 saturated heterocycles. The predicted octanol–water partition coefficient (Wildman–Crippen LogP) is 3.62. The van der Waals surface area contributed by atoms with Crippen LogP contribution in [-0.4, -0.2) is 0 Å². The molecule has 0 nitrogen and oxygen atoms in total. The summed E-state index contributed by atoms with van der Waals surface area (Å²) in [5.41, 5.74) is 0.389. The van der Waals surface area contributed by atoms with Crippen molar-refractivity contribution in [3.8, 4) is 11.8 Å². The molecule has 0 aliphatic heterocycles. The highest BCUT2D eigenvalue weighted by molar-refractivity contribution is 5.19. The summed E-state index contributed by atoms with van der Waals surface area (Å²) < 4.78 is 0. The van der Waals surface area contributed by atoms with E-state index in [1.807, 2.05) is 0 Å². The zero-order valence-electron chi connectivity index (χ0n) is 8.90. The van der Waals surface area contributed by atoms with E-state index < -0.39 is 0 Å². The molecule has 1 atom stereocenters. The molecule has 1 unspecified atom stereocenters. The topological polar surface area (TPSA) is 0 Å². The first-order valence-corrected chi connectivity index (χ1v) is 5.71. The first-order chi connectivity index (χ1) is 6.21. The van der Waals surface area contributed by atoms with Gasteiger partial charge in [-0.2, -0.15) is 0 Å². The minimum atomic E-state index is 0.389. The molecule has 2 aliphatic carbocycles. The van der Waals surface area contributed by atoms with Crippen molar-refractivity contribution in [3.63, 3.8) is 0 Å². The van der Waals surface area contributed by atoms with Crippen LogP contribution in [0.3, 0.4) is 0 Å². The number of hydrogen-bond acceptors (Lipinski definition) is 0. The van der Waals surface area contributed by atoms with Crippen molar-refractivity contribution >= 4 is 0 Å². The highest BCUT2D eigenvalue weighted by Crippen LogP contribution is 2.44. The van der Waals surface area contributed by atoms with Crippen molar-refractivity contribution in [1.29, 1.82) is 0 Å². The third-order valence-corrected chi connectivity index (χ3v) is 4.06. The van der Waals surface area contributed by atoms with Crippen molar-refractivity contribution in [2.24, 2.45) is 17.3 Å². The molecule has 2 rings (SSSR count). The summed E-state index contributed by atoms with van der Waals surface area (Å²) in [7, 11) is 0. The van der Waals surface area contributed by atoms with Gasteiger partial charge in [0.15, 0.2) is 0 Å². The van der Waals surface area contributed by atoms with Crippen LogP contribution in [0.15, 0.2) is 0 Å². The second-order valence-corrected chi connectivity index (χ2v) is 5.18. The maximum atomic E-state index is 3.47. The Labute approximate surface area is 82.1 Å². The Bertz CT molecular complexity index is 234. The highest BCUT2D eigenvalue weighted by atomic mass is 14.4. The molecule has 0 amide bonds. The maximum absolute atomic E-state index is 3.47. The fourth-order valence-electron chi connectivity index (χ4n) is 2.85. The van der Waals surface area contributed by atoms with Crippen LogP contribution in [0, 0.1) is 29.1 Å². The van der Waals surface area contributed by atoms with Gasteiger partial charge >= 0.3 is 0 Å². The second kappa shape index (κ2) is 3.37. The van der Waals surface area contributed by atoms with Gasteiger partial charge in [-0.05, 0) is 38.0 Å². The van der Waals surface area contributed by atoms with E-state index in [2.05, 4.69) is 25.7 Å². The lowest BCUT2D eigenvalue weighted by Gasteiger charge is -2.36. The Morgan fingerprint density at radius 3 is 2.38 bits per heavy atom. The molecule has 1 fully saturated rings. The molecule has 0 N–H and O–H groups in total. The van der Waals surface area contributed by atoms with E-state index >= 15 is 0 Å². The highest BCUT2D eigenvalue weighted by Gasteiger charge is 2.35. The van der Waals surface area contributed by atoms with Gasteiger partial charge in [-0.15, -0.1) is 5.92 Å². The van der Waals surface area contributed by atoms with Crippen LogP contribution in [0.1, 0.15) is 52.4 Å². The van der Waals surface area contributed by atoms with Gasteiger partial charge in [0.25, 0.3) is 0 Å². The van der Waals surface area contributed by atoms with Gasteiger partial charge in [-0.3, -0.25) is 0 Å². The molecule has 72 valence electrons. The van der Waals surface area contributed by atoms with Crippen LogP contribution < -0.4 is 0 Å². The Hall–Kier alpha value is -0.440. The monoisotopic (exact) mass is 176 g/mol. The minimum absolute atomic E-state index is 0.389. The maximum Gasteiger partial charge on any atom is 0.0323 e. The summed E-state index contributed by atoms with van der Waals surface area (Å²) in [6, 6.07) is 0. The van der Waals surface area contributed by atoms with Gasteiger partial charge in [-0.1, -0.05) is 25.7 Å². The van der Waals surface area contributed by atoms with Gasteiger partial charge in [0.1, 0.15) is 0 Å². The summed E-state index contributed by atoms with van der Waals surface area (Å²) >= 11 is 0. The SMILES string of the molecule is CC1CCC(C2(C)C#CCC2)CC1. The Morgan fingerprint density at radius 1 is 1.15 bits per heavy atom. The van der Waals surface area contributed by atoms with Crippen LogP contribution in [0.25, 0.3) is 0 Å².